The number of nitrogens with zero attached hydrogens (tertiary/aromatic N) is 1. The molecule has 7 heteroatoms. The van der Waals surface area contributed by atoms with Gasteiger partial charge in [0.15, 0.2) is 0 Å². The molecule has 0 saturated heterocycles. The number of hydrogen-bond donors (Lipinski definition) is 2. The average Bonchev–Trinajstić information content (AvgIpc) is 2.64. The van der Waals surface area contributed by atoms with Crippen molar-refractivity contribution < 1.29 is 4.79 Å². The predicted molar refractivity (Wildman–Crippen MR) is 78.7 cm³/mol. The Morgan fingerprint density at radius 3 is 2.60 bits per heavy atom. The second kappa shape index (κ2) is 6.88. The highest BCUT2D eigenvalue weighted by Gasteiger charge is 2.15. The molecule has 1 fully saturated rings. The van der Waals surface area contributed by atoms with Crippen LogP contribution in [0.15, 0.2) is 20.3 Å². The van der Waals surface area contributed by atoms with Gasteiger partial charge in [-0.1, -0.05) is 25.7 Å². The zero-order chi connectivity index (χ0) is 14.5. The normalized spacial score (nSPS) is 16.6. The van der Waals surface area contributed by atoms with Crippen LogP contribution in [0.25, 0.3) is 0 Å². The molecule has 6 nitrogen and oxygen atoms in total. The number of amides is 1. The van der Waals surface area contributed by atoms with Crippen molar-refractivity contribution in [2.24, 2.45) is 0 Å². The van der Waals surface area contributed by atoms with E-state index in [0.717, 1.165) is 25.7 Å². The molecule has 1 aliphatic rings. The lowest BCUT2D eigenvalue weighted by molar-refractivity contribution is -0.122. The number of rotatable bonds is 3. The van der Waals surface area contributed by atoms with Gasteiger partial charge < -0.3 is 5.32 Å². The summed E-state index contributed by atoms with van der Waals surface area (Å²) in [4.78, 5) is 36.9. The molecule has 1 saturated carbocycles. The number of carbonyl (C=O) groups is 1. The Balaban J connectivity index is 1.99. The van der Waals surface area contributed by atoms with Gasteiger partial charge in [0, 0.05) is 12.2 Å². The SMILES string of the molecule is O=C(Cn1cc(Br)c(=O)[nH]c1=O)NC1CCCCCC1. The molecule has 1 heterocycles. The first-order valence-electron chi connectivity index (χ1n) is 6.85. The maximum absolute atomic E-state index is 12.0. The fourth-order valence-electron chi connectivity index (χ4n) is 2.45. The Labute approximate surface area is 124 Å². The second-order valence-corrected chi connectivity index (χ2v) is 5.97. The zero-order valence-electron chi connectivity index (χ0n) is 11.2. The Morgan fingerprint density at radius 1 is 1.30 bits per heavy atom. The fraction of sp³-hybridized carbons (Fsp3) is 0.615. The number of aromatic nitrogens is 2. The van der Waals surface area contributed by atoms with E-state index in [1.807, 2.05) is 0 Å². The van der Waals surface area contributed by atoms with Gasteiger partial charge >= 0.3 is 5.69 Å². The first-order chi connectivity index (χ1) is 9.56. The number of aromatic amines is 1. The molecule has 0 spiro atoms. The minimum absolute atomic E-state index is 0.0787. The van der Waals surface area contributed by atoms with Crippen molar-refractivity contribution in [3.05, 3.63) is 31.5 Å². The molecule has 0 aliphatic heterocycles. The molecule has 0 unspecified atom stereocenters. The monoisotopic (exact) mass is 343 g/mol. The van der Waals surface area contributed by atoms with Crippen molar-refractivity contribution in [3.8, 4) is 0 Å². The lowest BCUT2D eigenvalue weighted by Gasteiger charge is -2.16. The van der Waals surface area contributed by atoms with Crippen LogP contribution < -0.4 is 16.6 Å². The van der Waals surface area contributed by atoms with Gasteiger partial charge in [0.25, 0.3) is 5.56 Å². The summed E-state index contributed by atoms with van der Waals surface area (Å²) < 4.78 is 1.43. The summed E-state index contributed by atoms with van der Waals surface area (Å²) in [5.41, 5.74) is -1.07. The van der Waals surface area contributed by atoms with E-state index in [1.54, 1.807) is 0 Å². The van der Waals surface area contributed by atoms with E-state index in [2.05, 4.69) is 26.2 Å². The highest BCUT2D eigenvalue weighted by atomic mass is 79.9. The smallest absolute Gasteiger partial charge is 0.328 e. The molecule has 0 bridgehead atoms. The first-order valence-corrected chi connectivity index (χ1v) is 7.64. The summed E-state index contributed by atoms with van der Waals surface area (Å²) in [6.45, 7) is -0.0787. The largest absolute Gasteiger partial charge is 0.352 e. The zero-order valence-corrected chi connectivity index (χ0v) is 12.7. The Hall–Kier alpha value is -1.37. The molecule has 0 radical (unpaired) electrons. The third-order valence-electron chi connectivity index (χ3n) is 3.50. The number of halogens is 1. The van der Waals surface area contributed by atoms with Crippen molar-refractivity contribution >= 4 is 21.8 Å². The Bertz CT molecular complexity index is 585. The maximum Gasteiger partial charge on any atom is 0.328 e. The lowest BCUT2D eigenvalue weighted by Crippen LogP contribution is -2.40. The molecule has 1 aromatic heterocycles. The first kappa shape index (κ1) is 15.0. The van der Waals surface area contributed by atoms with Gasteiger partial charge in [-0.3, -0.25) is 19.1 Å². The number of H-pyrrole nitrogens is 1. The van der Waals surface area contributed by atoms with Crippen molar-refractivity contribution in [1.29, 1.82) is 0 Å². The van der Waals surface area contributed by atoms with Crippen molar-refractivity contribution in [2.45, 2.75) is 51.1 Å². The number of carbonyl (C=O) groups excluding carboxylic acids is 1. The van der Waals surface area contributed by atoms with Crippen LogP contribution >= 0.6 is 15.9 Å². The molecule has 1 amide bonds. The van der Waals surface area contributed by atoms with Gasteiger partial charge in [0.05, 0.1) is 4.47 Å². The van der Waals surface area contributed by atoms with Gasteiger partial charge in [-0.25, -0.2) is 4.79 Å². The van der Waals surface area contributed by atoms with Gasteiger partial charge in [-0.05, 0) is 28.8 Å². The molecular formula is C13H18BrN3O3. The number of hydrogen-bond acceptors (Lipinski definition) is 3. The topological polar surface area (TPSA) is 84.0 Å². The van der Waals surface area contributed by atoms with Crippen molar-refractivity contribution in [2.75, 3.05) is 0 Å². The minimum Gasteiger partial charge on any atom is -0.352 e. The van der Waals surface area contributed by atoms with Gasteiger partial charge in [-0.2, -0.15) is 0 Å². The van der Waals surface area contributed by atoms with Gasteiger partial charge in [0.1, 0.15) is 6.54 Å². The quantitative estimate of drug-likeness (QED) is 0.807. The molecule has 1 aliphatic carbocycles. The van der Waals surface area contributed by atoms with Crippen LogP contribution in [0.5, 0.6) is 0 Å². The standard InChI is InChI=1S/C13H18BrN3O3/c14-10-7-17(13(20)16-12(10)19)8-11(18)15-9-5-3-1-2-4-6-9/h7,9H,1-6,8H2,(H,15,18)(H,16,19,20). The molecule has 110 valence electrons. The highest BCUT2D eigenvalue weighted by molar-refractivity contribution is 9.10. The molecule has 2 rings (SSSR count). The van der Waals surface area contributed by atoms with Crippen LogP contribution in [0, 0.1) is 0 Å². The van der Waals surface area contributed by atoms with E-state index in [-0.39, 0.29) is 23.0 Å². The van der Waals surface area contributed by atoms with E-state index in [4.69, 9.17) is 0 Å². The van der Waals surface area contributed by atoms with Crippen LogP contribution in [0.3, 0.4) is 0 Å². The third-order valence-corrected chi connectivity index (χ3v) is 4.07. The lowest BCUT2D eigenvalue weighted by atomic mass is 10.1. The van der Waals surface area contributed by atoms with E-state index in [0.29, 0.717) is 0 Å². The highest BCUT2D eigenvalue weighted by Crippen LogP contribution is 2.17. The van der Waals surface area contributed by atoms with Crippen LogP contribution in [0.1, 0.15) is 38.5 Å². The van der Waals surface area contributed by atoms with Crippen molar-refractivity contribution in [3.63, 3.8) is 0 Å². The van der Waals surface area contributed by atoms with Crippen LogP contribution in [0.4, 0.5) is 0 Å². The summed E-state index contributed by atoms with van der Waals surface area (Å²) in [5, 5.41) is 2.96. The van der Waals surface area contributed by atoms with E-state index >= 15 is 0 Å². The molecule has 0 atom stereocenters. The average molecular weight is 344 g/mol. The summed E-state index contributed by atoms with van der Waals surface area (Å²) in [5.74, 6) is -0.196. The second-order valence-electron chi connectivity index (χ2n) is 5.12. The summed E-state index contributed by atoms with van der Waals surface area (Å²) in [7, 11) is 0. The molecule has 20 heavy (non-hydrogen) atoms. The van der Waals surface area contributed by atoms with E-state index in [1.165, 1.54) is 23.6 Å². The molecular weight excluding hydrogens is 326 g/mol. The number of nitrogens with one attached hydrogen (secondary N) is 2. The summed E-state index contributed by atoms with van der Waals surface area (Å²) >= 11 is 3.04. The van der Waals surface area contributed by atoms with Gasteiger partial charge in [0.2, 0.25) is 5.91 Å². The molecule has 0 aromatic carbocycles. The van der Waals surface area contributed by atoms with E-state index < -0.39 is 11.2 Å². The predicted octanol–water partition coefficient (Wildman–Crippen LogP) is 1.14. The van der Waals surface area contributed by atoms with Crippen LogP contribution in [-0.2, 0) is 11.3 Å². The Kier molecular flexibility index (Phi) is 5.17. The van der Waals surface area contributed by atoms with Crippen LogP contribution in [-0.4, -0.2) is 21.5 Å². The third kappa shape index (κ3) is 4.06. The molecule has 2 N–H and O–H groups in total. The summed E-state index contributed by atoms with van der Waals surface area (Å²) in [6, 6.07) is 0.201. The van der Waals surface area contributed by atoms with E-state index in [9.17, 15) is 14.4 Å². The maximum atomic E-state index is 12.0. The fourth-order valence-corrected chi connectivity index (χ4v) is 2.80. The van der Waals surface area contributed by atoms with Crippen LogP contribution in [0.2, 0.25) is 0 Å². The van der Waals surface area contributed by atoms with Crippen molar-refractivity contribution in [1.82, 2.24) is 14.9 Å². The van der Waals surface area contributed by atoms with Gasteiger partial charge in [-0.15, -0.1) is 0 Å². The molecule has 1 aromatic rings. The Morgan fingerprint density at radius 2 is 1.95 bits per heavy atom. The summed E-state index contributed by atoms with van der Waals surface area (Å²) in [6.07, 6.45) is 8.04. The minimum atomic E-state index is -0.575.